The highest BCUT2D eigenvalue weighted by atomic mass is 19.1. The molecule has 3 aromatic rings. The Kier molecular flexibility index (Phi) is 7.64. The van der Waals surface area contributed by atoms with Gasteiger partial charge < -0.3 is 9.32 Å². The first-order valence-electron chi connectivity index (χ1n) is 11.6. The van der Waals surface area contributed by atoms with E-state index in [0.29, 0.717) is 24.6 Å². The number of carbonyl (C=O) groups excluding carboxylic acids is 1. The highest BCUT2D eigenvalue weighted by molar-refractivity contribution is 5.77. The first kappa shape index (κ1) is 22.2. The Morgan fingerprint density at radius 2 is 1.66 bits per heavy atom. The summed E-state index contributed by atoms with van der Waals surface area (Å²) in [5, 5.41) is 8.27. The second kappa shape index (κ2) is 11.0. The summed E-state index contributed by atoms with van der Waals surface area (Å²) in [4.78, 5) is 14.9. The molecule has 1 fully saturated rings. The Bertz CT molecular complexity index is 988. The normalized spacial score (nSPS) is 16.3. The molecule has 168 valence electrons. The summed E-state index contributed by atoms with van der Waals surface area (Å²) in [5.74, 6) is 0.991. The van der Waals surface area contributed by atoms with E-state index in [2.05, 4.69) is 34.5 Å². The Morgan fingerprint density at radius 1 is 0.938 bits per heavy atom. The molecule has 0 bridgehead atoms. The minimum Gasteiger partial charge on any atom is -0.425 e. The van der Waals surface area contributed by atoms with E-state index >= 15 is 0 Å². The van der Waals surface area contributed by atoms with Crippen molar-refractivity contribution in [2.75, 3.05) is 6.54 Å². The van der Waals surface area contributed by atoms with Crippen LogP contribution in [-0.2, 0) is 24.1 Å². The second-order valence-corrected chi connectivity index (χ2v) is 8.43. The van der Waals surface area contributed by atoms with Gasteiger partial charge in [0.2, 0.25) is 17.7 Å². The number of halogens is 1. The van der Waals surface area contributed by atoms with Crippen LogP contribution in [0.15, 0.2) is 59.0 Å². The zero-order valence-electron chi connectivity index (χ0n) is 18.4. The molecule has 0 radical (unpaired) electrons. The smallest absolute Gasteiger partial charge is 0.223 e. The van der Waals surface area contributed by atoms with Gasteiger partial charge in [-0.05, 0) is 61.8 Å². The molecule has 1 saturated heterocycles. The quantitative estimate of drug-likeness (QED) is 0.419. The van der Waals surface area contributed by atoms with Crippen LogP contribution in [0.1, 0.15) is 67.5 Å². The first-order valence-corrected chi connectivity index (χ1v) is 11.6. The van der Waals surface area contributed by atoms with Gasteiger partial charge in [-0.1, -0.05) is 42.5 Å². The fourth-order valence-corrected chi connectivity index (χ4v) is 4.36. The summed E-state index contributed by atoms with van der Waals surface area (Å²) < 4.78 is 19.1. The number of carbonyl (C=O) groups is 1. The van der Waals surface area contributed by atoms with Crippen LogP contribution in [0.25, 0.3) is 0 Å². The highest BCUT2D eigenvalue weighted by Gasteiger charge is 2.28. The summed E-state index contributed by atoms with van der Waals surface area (Å²) in [6, 6.07) is 17.0. The van der Waals surface area contributed by atoms with E-state index in [9.17, 15) is 9.18 Å². The number of unbranched alkanes of at least 4 members (excludes halogenated alkanes) is 1. The second-order valence-electron chi connectivity index (χ2n) is 8.43. The van der Waals surface area contributed by atoms with Crippen molar-refractivity contribution < 1.29 is 13.6 Å². The number of benzene rings is 2. The number of rotatable bonds is 9. The van der Waals surface area contributed by atoms with E-state index in [1.165, 1.54) is 17.7 Å². The minimum absolute atomic E-state index is 0.0136. The predicted octanol–water partition coefficient (Wildman–Crippen LogP) is 5.46. The maximum absolute atomic E-state index is 13.3. The standard InChI is InChI=1S/C26H30FN3O2/c27-22-15-13-21(14-16-22)23-11-6-7-19-30(23)26(31)18-17-25-29-28-24(32-25)12-5-4-10-20-8-2-1-3-9-20/h1-3,8-9,13-16,23H,4-7,10-12,17-19H2/t23-/m1/s1. The lowest BCUT2D eigenvalue weighted by molar-refractivity contribution is -0.135. The van der Waals surface area contributed by atoms with Crippen LogP contribution >= 0.6 is 0 Å². The molecule has 0 spiro atoms. The Labute approximate surface area is 188 Å². The molecule has 1 atom stereocenters. The number of hydrogen-bond donors (Lipinski definition) is 0. The van der Waals surface area contributed by atoms with Crippen LogP contribution in [0.5, 0.6) is 0 Å². The molecule has 32 heavy (non-hydrogen) atoms. The average Bonchev–Trinajstić information content (AvgIpc) is 3.29. The summed E-state index contributed by atoms with van der Waals surface area (Å²) in [6.45, 7) is 0.734. The van der Waals surface area contributed by atoms with Crippen molar-refractivity contribution in [3.8, 4) is 0 Å². The largest absolute Gasteiger partial charge is 0.425 e. The Balaban J connectivity index is 1.24. The molecule has 5 nitrogen and oxygen atoms in total. The van der Waals surface area contributed by atoms with Crippen molar-refractivity contribution in [1.82, 2.24) is 15.1 Å². The van der Waals surface area contributed by atoms with Gasteiger partial charge >= 0.3 is 0 Å². The van der Waals surface area contributed by atoms with E-state index in [1.54, 1.807) is 12.1 Å². The Morgan fingerprint density at radius 3 is 2.44 bits per heavy atom. The number of hydrogen-bond acceptors (Lipinski definition) is 4. The zero-order valence-corrected chi connectivity index (χ0v) is 18.4. The third-order valence-electron chi connectivity index (χ3n) is 6.09. The summed E-state index contributed by atoms with van der Waals surface area (Å²) >= 11 is 0. The molecular weight excluding hydrogens is 405 g/mol. The SMILES string of the molecule is O=C(CCc1nnc(CCCCc2ccccc2)o1)N1CCCC[C@@H]1c1ccc(F)cc1. The number of aromatic nitrogens is 2. The molecule has 1 amide bonds. The molecule has 1 aliphatic heterocycles. The van der Waals surface area contributed by atoms with Crippen LogP contribution < -0.4 is 0 Å². The van der Waals surface area contributed by atoms with E-state index in [-0.39, 0.29) is 17.8 Å². The van der Waals surface area contributed by atoms with Gasteiger partial charge in [-0.2, -0.15) is 0 Å². The zero-order chi connectivity index (χ0) is 22.2. The monoisotopic (exact) mass is 435 g/mol. The number of nitrogens with zero attached hydrogens (tertiary/aromatic N) is 3. The minimum atomic E-state index is -0.255. The summed E-state index contributed by atoms with van der Waals surface area (Å²) in [7, 11) is 0. The lowest BCUT2D eigenvalue weighted by atomic mass is 9.94. The molecule has 2 aromatic carbocycles. The number of aryl methyl sites for hydroxylation is 3. The van der Waals surface area contributed by atoms with Crippen LogP contribution in [0.3, 0.4) is 0 Å². The molecule has 0 aliphatic carbocycles. The van der Waals surface area contributed by atoms with Gasteiger partial charge in [0.1, 0.15) is 5.82 Å². The lowest BCUT2D eigenvalue weighted by Gasteiger charge is -2.36. The molecule has 0 saturated carbocycles. The van der Waals surface area contributed by atoms with Crippen molar-refractivity contribution in [1.29, 1.82) is 0 Å². The number of likely N-dealkylation sites (tertiary alicyclic amines) is 1. The molecule has 1 aliphatic rings. The van der Waals surface area contributed by atoms with Crippen molar-refractivity contribution in [3.63, 3.8) is 0 Å². The van der Waals surface area contributed by atoms with Crippen molar-refractivity contribution in [2.24, 2.45) is 0 Å². The molecular formula is C26H30FN3O2. The molecule has 2 heterocycles. The van der Waals surface area contributed by atoms with Gasteiger partial charge in [0.05, 0.1) is 6.04 Å². The van der Waals surface area contributed by atoms with Gasteiger partial charge in [-0.15, -0.1) is 10.2 Å². The molecule has 0 unspecified atom stereocenters. The maximum atomic E-state index is 13.3. The van der Waals surface area contributed by atoms with E-state index in [0.717, 1.165) is 57.1 Å². The van der Waals surface area contributed by atoms with Crippen LogP contribution in [0.2, 0.25) is 0 Å². The molecule has 1 aromatic heterocycles. The Hall–Kier alpha value is -3.02. The van der Waals surface area contributed by atoms with Crippen molar-refractivity contribution >= 4 is 5.91 Å². The topological polar surface area (TPSA) is 59.2 Å². The lowest BCUT2D eigenvalue weighted by Crippen LogP contribution is -2.38. The average molecular weight is 436 g/mol. The fraction of sp³-hybridized carbons (Fsp3) is 0.423. The molecule has 0 N–H and O–H groups in total. The van der Waals surface area contributed by atoms with Crippen LogP contribution in [0, 0.1) is 5.82 Å². The first-order chi connectivity index (χ1) is 15.7. The van der Waals surface area contributed by atoms with Crippen molar-refractivity contribution in [3.05, 3.63) is 83.3 Å². The van der Waals surface area contributed by atoms with Crippen LogP contribution in [-0.4, -0.2) is 27.5 Å². The third-order valence-corrected chi connectivity index (χ3v) is 6.09. The molecule has 6 heteroatoms. The summed E-state index contributed by atoms with van der Waals surface area (Å²) in [6.07, 6.45) is 7.62. The fourth-order valence-electron chi connectivity index (χ4n) is 4.36. The third kappa shape index (κ3) is 6.02. The van der Waals surface area contributed by atoms with Gasteiger partial charge in [-0.3, -0.25) is 4.79 Å². The van der Waals surface area contributed by atoms with E-state index in [4.69, 9.17) is 4.42 Å². The van der Waals surface area contributed by atoms with E-state index in [1.807, 2.05) is 11.0 Å². The van der Waals surface area contributed by atoms with Gasteiger partial charge in [0, 0.05) is 25.8 Å². The van der Waals surface area contributed by atoms with Gasteiger partial charge in [-0.25, -0.2) is 4.39 Å². The van der Waals surface area contributed by atoms with Gasteiger partial charge in [0.25, 0.3) is 0 Å². The maximum Gasteiger partial charge on any atom is 0.223 e. The van der Waals surface area contributed by atoms with Gasteiger partial charge in [0.15, 0.2) is 0 Å². The van der Waals surface area contributed by atoms with Crippen molar-refractivity contribution in [2.45, 2.75) is 63.8 Å². The predicted molar refractivity (Wildman–Crippen MR) is 120 cm³/mol. The number of amides is 1. The van der Waals surface area contributed by atoms with Crippen LogP contribution in [0.4, 0.5) is 4.39 Å². The number of piperidine rings is 1. The highest BCUT2D eigenvalue weighted by Crippen LogP contribution is 2.31. The summed E-state index contributed by atoms with van der Waals surface area (Å²) in [5.41, 5.74) is 2.34. The van der Waals surface area contributed by atoms with E-state index < -0.39 is 0 Å². The molecule has 4 rings (SSSR count).